The Kier molecular flexibility index (Phi) is 10.7. The number of benzene rings is 3. The van der Waals surface area contributed by atoms with Crippen LogP contribution in [0.25, 0.3) is 0 Å². The van der Waals surface area contributed by atoms with E-state index in [1.165, 1.54) is 29.2 Å². The van der Waals surface area contributed by atoms with Crippen LogP contribution in [0.2, 0.25) is 10.0 Å². The summed E-state index contributed by atoms with van der Waals surface area (Å²) >= 11 is 12.5. The fraction of sp³-hybridized carbons (Fsp3) is 0.286. The van der Waals surface area contributed by atoms with Crippen LogP contribution in [-0.4, -0.2) is 50.5 Å². The molecule has 39 heavy (non-hydrogen) atoms. The van der Waals surface area contributed by atoms with Crippen LogP contribution in [0.5, 0.6) is 0 Å². The van der Waals surface area contributed by atoms with E-state index >= 15 is 0 Å². The summed E-state index contributed by atoms with van der Waals surface area (Å²) in [6.07, 6.45) is 1.73. The Balaban J connectivity index is 2.08. The quantitative estimate of drug-likeness (QED) is 0.318. The standard InChI is InChI=1S/C28H30Cl2FN3O4S/c1-3-15-32-28(36)26(16-20-9-5-4-6-10-20)33(18-21-13-14-22(29)17-23(21)30)27(35)19-34(39(2,37)38)25-12-8-7-11-24(25)31/h4-14,17,26H,3,15-16,18-19H2,1-2H3,(H,32,36)/t26-/m1/s1. The third-order valence-corrected chi connectivity index (χ3v) is 7.69. The van der Waals surface area contributed by atoms with E-state index in [1.807, 2.05) is 37.3 Å². The van der Waals surface area contributed by atoms with Crippen LogP contribution >= 0.6 is 23.2 Å². The molecule has 0 aliphatic heterocycles. The summed E-state index contributed by atoms with van der Waals surface area (Å²) in [4.78, 5) is 28.6. The number of amides is 2. The smallest absolute Gasteiger partial charge is 0.244 e. The summed E-state index contributed by atoms with van der Waals surface area (Å²) in [6.45, 7) is 1.46. The van der Waals surface area contributed by atoms with Crippen molar-refractivity contribution < 1.29 is 22.4 Å². The first-order valence-corrected chi connectivity index (χ1v) is 14.9. The number of nitrogens with one attached hydrogen (secondary N) is 1. The monoisotopic (exact) mass is 593 g/mol. The third kappa shape index (κ3) is 8.42. The van der Waals surface area contributed by atoms with Gasteiger partial charge in [-0.2, -0.15) is 0 Å². The fourth-order valence-electron chi connectivity index (χ4n) is 4.00. The fourth-order valence-corrected chi connectivity index (χ4v) is 5.32. The predicted molar refractivity (Wildman–Crippen MR) is 153 cm³/mol. The maximum atomic E-state index is 14.6. The topological polar surface area (TPSA) is 86.8 Å². The molecule has 0 spiro atoms. The first-order chi connectivity index (χ1) is 18.5. The van der Waals surface area contributed by atoms with Gasteiger partial charge >= 0.3 is 0 Å². The van der Waals surface area contributed by atoms with Crippen molar-refractivity contribution in [1.29, 1.82) is 0 Å². The number of carbonyl (C=O) groups excluding carboxylic acids is 2. The van der Waals surface area contributed by atoms with Gasteiger partial charge in [-0.25, -0.2) is 12.8 Å². The predicted octanol–water partition coefficient (Wildman–Crippen LogP) is 5.06. The highest BCUT2D eigenvalue weighted by molar-refractivity contribution is 7.92. The number of para-hydroxylation sites is 1. The molecule has 11 heteroatoms. The second-order valence-corrected chi connectivity index (χ2v) is 11.7. The van der Waals surface area contributed by atoms with Crippen molar-refractivity contribution in [3.05, 3.63) is 99.8 Å². The first kappa shape index (κ1) is 30.4. The molecule has 0 fully saturated rings. The lowest BCUT2D eigenvalue weighted by Gasteiger charge is -2.33. The molecule has 0 saturated carbocycles. The summed E-state index contributed by atoms with van der Waals surface area (Å²) in [5, 5.41) is 3.52. The summed E-state index contributed by atoms with van der Waals surface area (Å²) < 4.78 is 40.8. The van der Waals surface area contributed by atoms with Gasteiger partial charge in [0.25, 0.3) is 0 Å². The second kappa shape index (κ2) is 13.8. The number of nitrogens with zero attached hydrogens (tertiary/aromatic N) is 2. The van der Waals surface area contributed by atoms with Crippen LogP contribution in [0.1, 0.15) is 24.5 Å². The van der Waals surface area contributed by atoms with Gasteiger partial charge in [0.1, 0.15) is 18.4 Å². The van der Waals surface area contributed by atoms with Crippen molar-refractivity contribution in [1.82, 2.24) is 10.2 Å². The number of hydrogen-bond acceptors (Lipinski definition) is 4. The minimum atomic E-state index is -4.07. The van der Waals surface area contributed by atoms with Gasteiger partial charge < -0.3 is 10.2 Å². The maximum absolute atomic E-state index is 14.6. The molecule has 0 aliphatic rings. The molecule has 3 aromatic rings. The molecule has 208 valence electrons. The first-order valence-electron chi connectivity index (χ1n) is 12.3. The van der Waals surface area contributed by atoms with E-state index in [9.17, 15) is 22.4 Å². The number of carbonyl (C=O) groups is 2. The lowest BCUT2D eigenvalue weighted by atomic mass is 10.0. The number of hydrogen-bond donors (Lipinski definition) is 1. The molecule has 0 aromatic heterocycles. The molecule has 0 aliphatic carbocycles. The number of anilines is 1. The highest BCUT2D eigenvalue weighted by atomic mass is 35.5. The Bertz CT molecular complexity index is 1410. The number of halogens is 3. The van der Waals surface area contributed by atoms with Gasteiger partial charge in [0.05, 0.1) is 11.9 Å². The van der Waals surface area contributed by atoms with Crippen molar-refractivity contribution in [2.75, 3.05) is 23.7 Å². The molecular formula is C28H30Cl2FN3O4S. The largest absolute Gasteiger partial charge is 0.354 e. The average Bonchev–Trinajstić information content (AvgIpc) is 2.89. The van der Waals surface area contributed by atoms with Gasteiger partial charge in [0.15, 0.2) is 0 Å². The van der Waals surface area contributed by atoms with Crippen molar-refractivity contribution in [2.24, 2.45) is 0 Å². The van der Waals surface area contributed by atoms with Gasteiger partial charge in [-0.3, -0.25) is 13.9 Å². The molecule has 7 nitrogen and oxygen atoms in total. The van der Waals surface area contributed by atoms with E-state index in [4.69, 9.17) is 23.2 Å². The van der Waals surface area contributed by atoms with E-state index < -0.39 is 40.2 Å². The Morgan fingerprint density at radius 2 is 1.67 bits per heavy atom. The molecule has 0 radical (unpaired) electrons. The summed E-state index contributed by atoms with van der Waals surface area (Å²) in [5.74, 6) is -1.91. The van der Waals surface area contributed by atoms with Gasteiger partial charge in [-0.15, -0.1) is 0 Å². The zero-order valence-corrected chi connectivity index (χ0v) is 23.9. The van der Waals surface area contributed by atoms with Crippen LogP contribution in [-0.2, 0) is 32.6 Å². The Morgan fingerprint density at radius 3 is 2.28 bits per heavy atom. The Labute approximate surface area is 238 Å². The van der Waals surface area contributed by atoms with Gasteiger partial charge in [0.2, 0.25) is 21.8 Å². The molecule has 1 atom stereocenters. The summed E-state index contributed by atoms with van der Waals surface area (Å²) in [5.41, 5.74) is 1.03. The SMILES string of the molecule is CCCNC(=O)[C@@H](Cc1ccccc1)N(Cc1ccc(Cl)cc1Cl)C(=O)CN(c1ccccc1F)S(C)(=O)=O. The average molecular weight is 595 g/mol. The number of rotatable bonds is 12. The van der Waals surface area contributed by atoms with Crippen LogP contribution in [0.3, 0.4) is 0 Å². The van der Waals surface area contributed by atoms with Crippen LogP contribution < -0.4 is 9.62 Å². The zero-order chi connectivity index (χ0) is 28.6. The molecule has 3 rings (SSSR count). The second-order valence-electron chi connectivity index (χ2n) is 8.97. The van der Waals surface area contributed by atoms with Crippen LogP contribution in [0, 0.1) is 5.82 Å². The third-order valence-electron chi connectivity index (χ3n) is 5.98. The normalized spacial score (nSPS) is 12.0. The lowest BCUT2D eigenvalue weighted by Crippen LogP contribution is -2.53. The lowest BCUT2D eigenvalue weighted by molar-refractivity contribution is -0.140. The molecular weight excluding hydrogens is 564 g/mol. The van der Waals surface area contributed by atoms with Crippen molar-refractivity contribution in [2.45, 2.75) is 32.4 Å². The van der Waals surface area contributed by atoms with E-state index in [0.717, 1.165) is 17.9 Å². The molecule has 0 bridgehead atoms. The molecule has 2 amide bonds. The van der Waals surface area contributed by atoms with Crippen LogP contribution in [0.15, 0.2) is 72.8 Å². The Hall–Kier alpha value is -3.14. The summed E-state index contributed by atoms with van der Waals surface area (Å²) in [6, 6.07) is 18.2. The van der Waals surface area contributed by atoms with Gasteiger partial charge in [-0.1, -0.05) is 78.7 Å². The minimum absolute atomic E-state index is 0.110. The van der Waals surface area contributed by atoms with E-state index in [-0.39, 0.29) is 23.7 Å². The van der Waals surface area contributed by atoms with Gasteiger partial charge in [0, 0.05) is 29.6 Å². The van der Waals surface area contributed by atoms with E-state index in [0.29, 0.717) is 27.9 Å². The maximum Gasteiger partial charge on any atom is 0.244 e. The molecule has 3 aromatic carbocycles. The van der Waals surface area contributed by atoms with E-state index in [2.05, 4.69) is 5.32 Å². The Morgan fingerprint density at radius 1 is 1.00 bits per heavy atom. The van der Waals surface area contributed by atoms with Crippen molar-refractivity contribution in [3.63, 3.8) is 0 Å². The van der Waals surface area contributed by atoms with Gasteiger partial charge in [-0.05, 0) is 41.8 Å². The highest BCUT2D eigenvalue weighted by Crippen LogP contribution is 2.26. The van der Waals surface area contributed by atoms with E-state index in [1.54, 1.807) is 12.1 Å². The zero-order valence-electron chi connectivity index (χ0n) is 21.6. The van der Waals surface area contributed by atoms with Crippen molar-refractivity contribution >= 4 is 50.7 Å². The van der Waals surface area contributed by atoms with Crippen molar-refractivity contribution in [3.8, 4) is 0 Å². The molecule has 0 heterocycles. The highest BCUT2D eigenvalue weighted by Gasteiger charge is 2.33. The molecule has 0 unspecified atom stereocenters. The van der Waals surface area contributed by atoms with Crippen LogP contribution in [0.4, 0.5) is 10.1 Å². The molecule has 1 N–H and O–H groups in total. The minimum Gasteiger partial charge on any atom is -0.354 e. The summed E-state index contributed by atoms with van der Waals surface area (Å²) in [7, 11) is -4.07. The molecule has 0 saturated heterocycles. The number of sulfonamides is 1.